The number of hydrogen-bond donors (Lipinski definition) is 1. The number of benzene rings is 1. The minimum atomic E-state index is -0.143. The molecule has 1 N–H and O–H groups in total. The predicted molar refractivity (Wildman–Crippen MR) is 72.8 cm³/mol. The van der Waals surface area contributed by atoms with E-state index in [1.807, 2.05) is 19.1 Å². The second-order valence-electron chi connectivity index (χ2n) is 4.90. The van der Waals surface area contributed by atoms with E-state index in [1.165, 1.54) is 0 Å². The molecule has 1 unspecified atom stereocenters. The summed E-state index contributed by atoms with van der Waals surface area (Å²) in [6.07, 6.45) is 3.03. The summed E-state index contributed by atoms with van der Waals surface area (Å²) in [7, 11) is 0. The van der Waals surface area contributed by atoms with Gasteiger partial charge in [0.2, 0.25) is 0 Å². The maximum Gasteiger partial charge on any atom is 0.323 e. The SMILES string of the molecule is CCOC(=O)C1CCCCN1Cc1cccc(O)c1. The van der Waals surface area contributed by atoms with Gasteiger partial charge in [-0.1, -0.05) is 18.6 Å². The second kappa shape index (κ2) is 6.57. The van der Waals surface area contributed by atoms with E-state index in [-0.39, 0.29) is 17.8 Å². The van der Waals surface area contributed by atoms with E-state index in [0.29, 0.717) is 13.2 Å². The largest absolute Gasteiger partial charge is 0.508 e. The Labute approximate surface area is 114 Å². The molecule has 0 saturated carbocycles. The fourth-order valence-electron chi connectivity index (χ4n) is 2.57. The molecule has 1 aromatic carbocycles. The van der Waals surface area contributed by atoms with Crippen LogP contribution in [0, 0.1) is 0 Å². The van der Waals surface area contributed by atoms with E-state index in [1.54, 1.807) is 12.1 Å². The van der Waals surface area contributed by atoms with Crippen LogP contribution in [0.4, 0.5) is 0 Å². The van der Waals surface area contributed by atoms with Crippen molar-refractivity contribution < 1.29 is 14.6 Å². The van der Waals surface area contributed by atoms with E-state index in [9.17, 15) is 9.90 Å². The zero-order valence-corrected chi connectivity index (χ0v) is 11.3. The van der Waals surface area contributed by atoms with Crippen LogP contribution in [0.25, 0.3) is 0 Å². The van der Waals surface area contributed by atoms with E-state index >= 15 is 0 Å². The van der Waals surface area contributed by atoms with Crippen LogP contribution in [-0.4, -0.2) is 35.2 Å². The van der Waals surface area contributed by atoms with Crippen LogP contribution in [0.2, 0.25) is 0 Å². The summed E-state index contributed by atoms with van der Waals surface area (Å²) in [5.41, 5.74) is 1.02. The first-order chi connectivity index (χ1) is 9.20. The smallest absolute Gasteiger partial charge is 0.323 e. The first-order valence-corrected chi connectivity index (χ1v) is 6.89. The van der Waals surface area contributed by atoms with Gasteiger partial charge >= 0.3 is 5.97 Å². The monoisotopic (exact) mass is 263 g/mol. The lowest BCUT2D eigenvalue weighted by atomic mass is 10.0. The van der Waals surface area contributed by atoms with Crippen LogP contribution in [0.1, 0.15) is 31.7 Å². The highest BCUT2D eigenvalue weighted by atomic mass is 16.5. The summed E-state index contributed by atoms with van der Waals surface area (Å²) < 4.78 is 5.14. The number of carbonyl (C=O) groups is 1. The molecule has 0 spiro atoms. The number of hydrogen-bond acceptors (Lipinski definition) is 4. The highest BCUT2D eigenvalue weighted by Crippen LogP contribution is 2.22. The molecule has 1 fully saturated rings. The molecule has 0 aliphatic carbocycles. The molecule has 4 heteroatoms. The Kier molecular flexibility index (Phi) is 4.80. The van der Waals surface area contributed by atoms with Crippen molar-refractivity contribution in [2.45, 2.75) is 38.8 Å². The Bertz CT molecular complexity index is 433. The Hall–Kier alpha value is -1.55. The molecule has 104 valence electrons. The number of nitrogens with zero attached hydrogens (tertiary/aromatic N) is 1. The number of likely N-dealkylation sites (tertiary alicyclic amines) is 1. The van der Waals surface area contributed by atoms with E-state index in [2.05, 4.69) is 4.90 Å². The van der Waals surface area contributed by atoms with Gasteiger partial charge in [0.05, 0.1) is 6.61 Å². The summed E-state index contributed by atoms with van der Waals surface area (Å²) in [6, 6.07) is 7.06. The normalized spacial score (nSPS) is 20.2. The minimum absolute atomic E-state index is 0.123. The van der Waals surface area contributed by atoms with Gasteiger partial charge in [-0.2, -0.15) is 0 Å². The number of phenolic OH excluding ortho intramolecular Hbond substituents is 1. The van der Waals surface area contributed by atoms with E-state index < -0.39 is 0 Å². The highest BCUT2D eigenvalue weighted by Gasteiger charge is 2.29. The van der Waals surface area contributed by atoms with Crippen LogP contribution in [0.3, 0.4) is 0 Å². The lowest BCUT2D eigenvalue weighted by Gasteiger charge is -2.33. The molecular weight excluding hydrogens is 242 g/mol. The fraction of sp³-hybridized carbons (Fsp3) is 0.533. The molecule has 1 aliphatic heterocycles. The van der Waals surface area contributed by atoms with Crippen LogP contribution in [-0.2, 0) is 16.1 Å². The molecule has 1 saturated heterocycles. The first kappa shape index (κ1) is 13.9. The molecule has 0 bridgehead atoms. The third-order valence-electron chi connectivity index (χ3n) is 3.47. The number of esters is 1. The lowest BCUT2D eigenvalue weighted by Crippen LogP contribution is -2.44. The van der Waals surface area contributed by atoms with Gasteiger partial charge in [0.25, 0.3) is 0 Å². The zero-order chi connectivity index (χ0) is 13.7. The third kappa shape index (κ3) is 3.70. The molecule has 0 radical (unpaired) electrons. The van der Waals surface area contributed by atoms with Crippen molar-refractivity contribution in [3.63, 3.8) is 0 Å². The summed E-state index contributed by atoms with van der Waals surface area (Å²) in [4.78, 5) is 14.1. The van der Waals surface area contributed by atoms with Crippen molar-refractivity contribution in [1.82, 2.24) is 4.90 Å². The Morgan fingerprint density at radius 1 is 1.47 bits per heavy atom. The van der Waals surface area contributed by atoms with Crippen molar-refractivity contribution >= 4 is 5.97 Å². The van der Waals surface area contributed by atoms with Crippen molar-refractivity contribution in [1.29, 1.82) is 0 Å². The topological polar surface area (TPSA) is 49.8 Å². The third-order valence-corrected chi connectivity index (χ3v) is 3.47. The van der Waals surface area contributed by atoms with Gasteiger partial charge in [0.1, 0.15) is 11.8 Å². The van der Waals surface area contributed by atoms with E-state index in [4.69, 9.17) is 4.74 Å². The van der Waals surface area contributed by atoms with Crippen LogP contribution in [0.15, 0.2) is 24.3 Å². The van der Waals surface area contributed by atoms with Crippen molar-refractivity contribution in [2.24, 2.45) is 0 Å². The fourth-order valence-corrected chi connectivity index (χ4v) is 2.57. The summed E-state index contributed by atoms with van der Waals surface area (Å²) in [5, 5.41) is 9.49. The summed E-state index contributed by atoms with van der Waals surface area (Å²) in [5.74, 6) is 0.143. The summed E-state index contributed by atoms with van der Waals surface area (Å²) in [6.45, 7) is 3.84. The van der Waals surface area contributed by atoms with Crippen LogP contribution >= 0.6 is 0 Å². The lowest BCUT2D eigenvalue weighted by molar-refractivity contribution is -0.151. The molecule has 1 aromatic rings. The average molecular weight is 263 g/mol. The summed E-state index contributed by atoms with van der Waals surface area (Å²) >= 11 is 0. The van der Waals surface area contributed by atoms with Gasteiger partial charge in [-0.15, -0.1) is 0 Å². The van der Waals surface area contributed by atoms with Gasteiger partial charge in [-0.25, -0.2) is 0 Å². The zero-order valence-electron chi connectivity index (χ0n) is 11.3. The Balaban J connectivity index is 2.05. The van der Waals surface area contributed by atoms with Crippen molar-refractivity contribution in [2.75, 3.05) is 13.2 Å². The number of aromatic hydroxyl groups is 1. The molecule has 0 amide bonds. The number of carbonyl (C=O) groups excluding carboxylic acids is 1. The second-order valence-corrected chi connectivity index (χ2v) is 4.90. The number of piperidine rings is 1. The maximum absolute atomic E-state index is 12.0. The predicted octanol–water partition coefficient (Wildman–Crippen LogP) is 2.31. The van der Waals surface area contributed by atoms with E-state index in [0.717, 1.165) is 31.4 Å². The standard InChI is InChI=1S/C15H21NO3/c1-2-19-15(18)14-8-3-4-9-16(14)11-12-6-5-7-13(17)10-12/h5-7,10,14,17H,2-4,8-9,11H2,1H3. The molecule has 19 heavy (non-hydrogen) atoms. The van der Waals surface area contributed by atoms with Crippen LogP contribution in [0.5, 0.6) is 5.75 Å². The number of phenols is 1. The van der Waals surface area contributed by atoms with Crippen molar-refractivity contribution in [3.05, 3.63) is 29.8 Å². The Morgan fingerprint density at radius 3 is 3.05 bits per heavy atom. The molecule has 4 nitrogen and oxygen atoms in total. The molecule has 1 aliphatic rings. The minimum Gasteiger partial charge on any atom is -0.508 e. The van der Waals surface area contributed by atoms with Crippen LogP contribution < -0.4 is 0 Å². The van der Waals surface area contributed by atoms with Gasteiger partial charge in [-0.3, -0.25) is 9.69 Å². The highest BCUT2D eigenvalue weighted by molar-refractivity contribution is 5.75. The number of rotatable bonds is 4. The van der Waals surface area contributed by atoms with Gasteiger partial charge in [-0.05, 0) is 44.0 Å². The molecule has 1 atom stereocenters. The van der Waals surface area contributed by atoms with Gasteiger partial charge < -0.3 is 9.84 Å². The molecule has 0 aromatic heterocycles. The average Bonchev–Trinajstić information content (AvgIpc) is 2.39. The Morgan fingerprint density at radius 2 is 2.32 bits per heavy atom. The molecule has 2 rings (SSSR count). The number of ether oxygens (including phenoxy) is 1. The van der Waals surface area contributed by atoms with Gasteiger partial charge in [0.15, 0.2) is 0 Å². The van der Waals surface area contributed by atoms with Gasteiger partial charge in [0, 0.05) is 6.54 Å². The molecular formula is C15H21NO3. The first-order valence-electron chi connectivity index (χ1n) is 6.89. The maximum atomic E-state index is 12.0. The quantitative estimate of drug-likeness (QED) is 0.847. The van der Waals surface area contributed by atoms with Crippen molar-refractivity contribution in [3.8, 4) is 5.75 Å². The molecule has 1 heterocycles.